The molecule has 1 N–H and O–H groups in total. The first-order chi connectivity index (χ1) is 3.29. The van der Waals surface area contributed by atoms with E-state index in [2.05, 4.69) is 5.32 Å². The molecular weight excluding hydrogens is 153 g/mol. The third-order valence-electron chi connectivity index (χ3n) is 0.830. The summed E-state index contributed by atoms with van der Waals surface area (Å²) in [5.74, 6) is 0.278. The van der Waals surface area contributed by atoms with E-state index in [9.17, 15) is 8.76 Å². The van der Waals surface area contributed by atoms with E-state index in [0.29, 0.717) is 0 Å². The van der Waals surface area contributed by atoms with Gasteiger partial charge in [0.1, 0.15) is 0 Å². The van der Waals surface area contributed by atoms with Gasteiger partial charge in [-0.05, 0) is 0 Å². The van der Waals surface area contributed by atoms with Crippen molar-refractivity contribution in [2.45, 2.75) is 6.04 Å². The maximum Gasteiger partial charge on any atom is 1.00 e. The Morgan fingerprint density at radius 3 is 2.62 bits per heavy atom. The van der Waals surface area contributed by atoms with E-state index >= 15 is 0 Å². The van der Waals surface area contributed by atoms with Gasteiger partial charge in [-0.25, -0.2) is 0 Å². The van der Waals surface area contributed by atoms with Gasteiger partial charge < -0.3 is 11.3 Å². The van der Waals surface area contributed by atoms with Gasteiger partial charge in [-0.15, -0.1) is 0 Å². The third-order valence-corrected chi connectivity index (χ3v) is 1.50. The molecule has 44 valence electrons. The zero-order chi connectivity index (χ0) is 5.28. The van der Waals surface area contributed by atoms with Crippen molar-refractivity contribution >= 4 is 11.1 Å². The quantitative estimate of drug-likeness (QED) is 0.254. The van der Waals surface area contributed by atoms with Gasteiger partial charge in [-0.1, -0.05) is 11.1 Å². The van der Waals surface area contributed by atoms with E-state index in [1.165, 1.54) is 0 Å². The molecule has 0 aromatic rings. The second kappa shape index (κ2) is 4.51. The Hall–Kier alpha value is 1.71. The third kappa shape index (κ3) is 4.57. The Bertz CT molecular complexity index is 99.8. The zero-order valence-electron chi connectivity index (χ0n) is 5.72. The zero-order valence-corrected chi connectivity index (χ0v) is 8.66. The minimum atomic E-state index is -1.85. The van der Waals surface area contributed by atoms with Crippen LogP contribution in [0.15, 0.2) is 0 Å². The summed E-state index contributed by atoms with van der Waals surface area (Å²) in [5.41, 5.74) is 0. The van der Waals surface area contributed by atoms with Crippen LogP contribution in [0.1, 0.15) is 1.43 Å². The van der Waals surface area contributed by atoms with Crippen LogP contribution in [0, 0.1) is 0 Å². The van der Waals surface area contributed by atoms with E-state index in [-0.39, 0.29) is 64.6 Å². The second-order valence-corrected chi connectivity index (χ2v) is 2.52. The average molecular weight is 160 g/mol. The minimum absolute atomic E-state index is 0. The summed E-state index contributed by atoms with van der Waals surface area (Å²) in [7, 11) is 0. The smallest absolute Gasteiger partial charge is 1.00 e. The van der Waals surface area contributed by atoms with E-state index < -0.39 is 11.1 Å². The van der Waals surface area contributed by atoms with Crippen molar-refractivity contribution in [1.29, 1.82) is 0 Å². The Morgan fingerprint density at radius 2 is 2.50 bits per heavy atom. The predicted octanol–water partition coefficient (Wildman–Crippen LogP) is -4.05. The van der Waals surface area contributed by atoms with Crippen LogP contribution in [0.2, 0.25) is 0 Å². The summed E-state index contributed by atoms with van der Waals surface area (Å²) >= 11 is -1.85. The first kappa shape index (κ1) is 9.71. The van der Waals surface area contributed by atoms with E-state index in [0.717, 1.165) is 6.54 Å². The van der Waals surface area contributed by atoms with Crippen LogP contribution in [0.5, 0.6) is 0 Å². The summed E-state index contributed by atoms with van der Waals surface area (Å²) in [5, 5.41) is 2.87. The van der Waals surface area contributed by atoms with Crippen molar-refractivity contribution in [3.8, 4) is 0 Å². The molecule has 0 bridgehead atoms. The average Bonchev–Trinajstić information content (AvgIpc) is 2.17. The molecule has 5 heteroatoms. The van der Waals surface area contributed by atoms with Gasteiger partial charge in [-0.3, -0.25) is 4.21 Å². The molecule has 1 rings (SSSR count). The van der Waals surface area contributed by atoms with Crippen LogP contribution in [0.4, 0.5) is 0 Å². The van der Waals surface area contributed by atoms with E-state index in [1.807, 2.05) is 0 Å². The number of hydrogen-bond donors (Lipinski definition) is 1. The Morgan fingerprint density at radius 1 is 2.00 bits per heavy atom. The first-order valence-electron chi connectivity index (χ1n) is 2.08. The van der Waals surface area contributed by atoms with E-state index in [1.54, 1.807) is 0 Å². The second-order valence-electron chi connectivity index (χ2n) is 1.58. The van der Waals surface area contributed by atoms with Crippen LogP contribution >= 0.6 is 0 Å². The molecule has 1 heterocycles. The number of rotatable bonds is 2. The van der Waals surface area contributed by atoms with Gasteiger partial charge in [-0.2, -0.15) is 0 Å². The summed E-state index contributed by atoms with van der Waals surface area (Å²) < 4.78 is 19.6. The van der Waals surface area contributed by atoms with Crippen LogP contribution in [0.25, 0.3) is 0 Å². The van der Waals surface area contributed by atoms with Gasteiger partial charge in [0.25, 0.3) is 0 Å². The number of nitrogens with one attached hydrogen (secondary N) is 1. The molecule has 0 aromatic heterocycles. The van der Waals surface area contributed by atoms with Crippen molar-refractivity contribution in [3.63, 3.8) is 0 Å². The Balaban J connectivity index is 0. The van der Waals surface area contributed by atoms with Gasteiger partial charge in [0, 0.05) is 18.3 Å². The molecule has 2 atom stereocenters. The summed E-state index contributed by atoms with van der Waals surface area (Å²) in [6, 6.07) is 0.262. The summed E-state index contributed by atoms with van der Waals surface area (Å²) in [4.78, 5) is 0. The molecule has 1 fully saturated rings. The summed E-state index contributed by atoms with van der Waals surface area (Å²) in [6.45, 7) is 0.869. The van der Waals surface area contributed by atoms with Crippen molar-refractivity contribution in [2.24, 2.45) is 0 Å². The molecule has 3 nitrogen and oxygen atoms in total. The molecule has 2 unspecified atom stereocenters. The molecule has 0 radical (unpaired) electrons. The molecule has 1 saturated heterocycles. The normalized spacial score (nSPS) is 28.4. The largest absolute Gasteiger partial charge is 1.00 e. The fourth-order valence-electron chi connectivity index (χ4n) is 0.365. The molecule has 1 aliphatic rings. The molecule has 1 aliphatic heterocycles. The Kier molecular flexibility index (Phi) is 5.47. The van der Waals surface area contributed by atoms with Crippen LogP contribution in [-0.4, -0.2) is 27.1 Å². The summed E-state index contributed by atoms with van der Waals surface area (Å²) in [6.07, 6.45) is 0. The van der Waals surface area contributed by atoms with Crippen molar-refractivity contribution in [2.75, 3.05) is 12.3 Å². The SMILES string of the molecule is O=S([O-])CC1CN1.[H-].[K+]. The van der Waals surface area contributed by atoms with Gasteiger partial charge in [0.05, 0.1) is 0 Å². The maximum atomic E-state index is 9.81. The molecule has 0 aromatic carbocycles. The molecule has 0 spiro atoms. The molecule has 0 aliphatic carbocycles. The standard InChI is InChI=1S/C3H7NO2S.K.H/c5-7(6)2-3-1-4-3;;/h3-4H,1-2H2,(H,5,6);;/q;+1;-1/p-1. The number of hydrogen-bond acceptors (Lipinski definition) is 3. The first-order valence-corrected chi connectivity index (χ1v) is 3.32. The molecule has 0 amide bonds. The van der Waals surface area contributed by atoms with Crippen LogP contribution < -0.4 is 56.7 Å². The van der Waals surface area contributed by atoms with Gasteiger partial charge >= 0.3 is 51.4 Å². The van der Waals surface area contributed by atoms with E-state index in [4.69, 9.17) is 0 Å². The van der Waals surface area contributed by atoms with Crippen molar-refractivity contribution in [3.05, 3.63) is 0 Å². The minimum Gasteiger partial charge on any atom is -1.00 e. The topological polar surface area (TPSA) is 62.1 Å². The van der Waals surface area contributed by atoms with Crippen LogP contribution in [0.3, 0.4) is 0 Å². The molecule has 0 saturated carbocycles. The fraction of sp³-hybridized carbons (Fsp3) is 1.00. The molecule has 8 heavy (non-hydrogen) atoms. The van der Waals surface area contributed by atoms with Crippen molar-refractivity contribution < 1.29 is 61.6 Å². The monoisotopic (exact) mass is 160 g/mol. The van der Waals surface area contributed by atoms with Gasteiger partial charge in [0.15, 0.2) is 0 Å². The van der Waals surface area contributed by atoms with Crippen molar-refractivity contribution in [1.82, 2.24) is 5.32 Å². The van der Waals surface area contributed by atoms with Gasteiger partial charge in [0.2, 0.25) is 0 Å². The van der Waals surface area contributed by atoms with Crippen LogP contribution in [-0.2, 0) is 11.1 Å². The predicted molar refractivity (Wildman–Crippen MR) is 26.7 cm³/mol. The maximum absolute atomic E-state index is 9.81. The molecular formula is C3H7KNO2S-. The Labute approximate surface area is 94.8 Å². The fourth-order valence-corrected chi connectivity index (χ4v) is 0.930.